The molecule has 0 aromatic rings. The van der Waals surface area contributed by atoms with Crippen LogP contribution in [0.15, 0.2) is 0 Å². The maximum atomic E-state index is 11.4. The fourth-order valence-electron chi connectivity index (χ4n) is 1.71. The van der Waals surface area contributed by atoms with E-state index in [1.165, 1.54) is 0 Å². The number of cyclic esters (lactones) is 1. The van der Waals surface area contributed by atoms with Crippen LogP contribution in [0.3, 0.4) is 0 Å². The molecule has 1 unspecified atom stereocenters. The van der Waals surface area contributed by atoms with Gasteiger partial charge < -0.3 is 9.47 Å². The molecule has 1 rings (SSSR count). The Morgan fingerprint density at radius 1 is 1.57 bits per heavy atom. The van der Waals surface area contributed by atoms with Gasteiger partial charge in [-0.25, -0.2) is 0 Å². The summed E-state index contributed by atoms with van der Waals surface area (Å²) in [6.07, 6.45) is 1.77. The van der Waals surface area contributed by atoms with Gasteiger partial charge in [0.25, 0.3) is 0 Å². The monoisotopic (exact) mass is 200 g/mol. The van der Waals surface area contributed by atoms with E-state index in [9.17, 15) is 9.59 Å². The van der Waals surface area contributed by atoms with E-state index < -0.39 is 17.9 Å². The van der Waals surface area contributed by atoms with Crippen molar-refractivity contribution < 1.29 is 19.1 Å². The predicted octanol–water partition coefficient (Wildman–Crippen LogP) is 1.14. The van der Waals surface area contributed by atoms with Crippen molar-refractivity contribution >= 4 is 11.9 Å². The molecule has 0 spiro atoms. The lowest BCUT2D eigenvalue weighted by atomic mass is 9.91. The molecule has 2 atom stereocenters. The van der Waals surface area contributed by atoms with Gasteiger partial charge in [0.1, 0.15) is 0 Å². The minimum absolute atomic E-state index is 0.00606. The molecule has 0 bridgehead atoms. The SMILES string of the molecule is CCC[C@@H]1COC(=O)C1C(=O)OCC. The van der Waals surface area contributed by atoms with E-state index in [4.69, 9.17) is 9.47 Å². The Morgan fingerprint density at radius 3 is 2.86 bits per heavy atom. The third kappa shape index (κ3) is 2.25. The van der Waals surface area contributed by atoms with Crippen LogP contribution in [0.1, 0.15) is 26.7 Å². The van der Waals surface area contributed by atoms with Gasteiger partial charge in [-0.3, -0.25) is 9.59 Å². The van der Waals surface area contributed by atoms with Crippen LogP contribution in [-0.4, -0.2) is 25.2 Å². The Bertz CT molecular complexity index is 224. The molecule has 14 heavy (non-hydrogen) atoms. The van der Waals surface area contributed by atoms with E-state index in [1.807, 2.05) is 6.92 Å². The van der Waals surface area contributed by atoms with Gasteiger partial charge in [0.15, 0.2) is 5.92 Å². The largest absolute Gasteiger partial charge is 0.465 e. The minimum Gasteiger partial charge on any atom is -0.465 e. The van der Waals surface area contributed by atoms with E-state index in [1.54, 1.807) is 6.92 Å². The number of rotatable bonds is 4. The first-order chi connectivity index (χ1) is 6.70. The smallest absolute Gasteiger partial charge is 0.320 e. The summed E-state index contributed by atoms with van der Waals surface area (Å²) in [5, 5.41) is 0. The molecule has 1 aliphatic heterocycles. The number of ether oxygens (including phenoxy) is 2. The van der Waals surface area contributed by atoms with Crippen molar-refractivity contribution in [1.82, 2.24) is 0 Å². The van der Waals surface area contributed by atoms with Crippen molar-refractivity contribution in [2.24, 2.45) is 11.8 Å². The van der Waals surface area contributed by atoms with Crippen molar-refractivity contribution in [3.05, 3.63) is 0 Å². The van der Waals surface area contributed by atoms with E-state index in [2.05, 4.69) is 0 Å². The Labute approximate surface area is 83.6 Å². The van der Waals surface area contributed by atoms with E-state index >= 15 is 0 Å². The molecule has 0 saturated carbocycles. The highest BCUT2D eigenvalue weighted by molar-refractivity contribution is 5.96. The van der Waals surface area contributed by atoms with Crippen molar-refractivity contribution in [1.29, 1.82) is 0 Å². The van der Waals surface area contributed by atoms with Crippen LogP contribution in [0.4, 0.5) is 0 Å². The molecular weight excluding hydrogens is 184 g/mol. The third-order valence-corrected chi connectivity index (χ3v) is 2.37. The maximum Gasteiger partial charge on any atom is 0.320 e. The van der Waals surface area contributed by atoms with Gasteiger partial charge in [0, 0.05) is 5.92 Å². The van der Waals surface area contributed by atoms with Crippen molar-refractivity contribution in [2.45, 2.75) is 26.7 Å². The first-order valence-electron chi connectivity index (χ1n) is 5.04. The van der Waals surface area contributed by atoms with Crippen LogP contribution >= 0.6 is 0 Å². The Kier molecular flexibility index (Phi) is 3.92. The summed E-state index contributed by atoms with van der Waals surface area (Å²) < 4.78 is 9.69. The first-order valence-corrected chi connectivity index (χ1v) is 5.04. The second kappa shape index (κ2) is 4.98. The first kappa shape index (κ1) is 11.0. The summed E-state index contributed by atoms with van der Waals surface area (Å²) in [4.78, 5) is 22.7. The van der Waals surface area contributed by atoms with Gasteiger partial charge in [-0.15, -0.1) is 0 Å². The van der Waals surface area contributed by atoms with Crippen LogP contribution in [0.25, 0.3) is 0 Å². The molecule has 4 nitrogen and oxygen atoms in total. The van der Waals surface area contributed by atoms with Gasteiger partial charge in [-0.05, 0) is 13.3 Å². The lowest BCUT2D eigenvalue weighted by molar-refractivity contribution is -0.156. The average molecular weight is 200 g/mol. The minimum atomic E-state index is -0.685. The standard InChI is InChI=1S/C10H16O4/c1-3-5-7-6-14-10(12)8(7)9(11)13-4-2/h7-8H,3-6H2,1-2H3/t7-,8?/m1/s1. The van der Waals surface area contributed by atoms with Gasteiger partial charge >= 0.3 is 11.9 Å². The summed E-state index contributed by atoms with van der Waals surface area (Å²) in [5.74, 6) is -1.54. The van der Waals surface area contributed by atoms with Crippen LogP contribution in [0.2, 0.25) is 0 Å². The van der Waals surface area contributed by atoms with Crippen LogP contribution in [-0.2, 0) is 19.1 Å². The van der Waals surface area contributed by atoms with Gasteiger partial charge in [-0.1, -0.05) is 13.3 Å². The van der Waals surface area contributed by atoms with E-state index in [-0.39, 0.29) is 5.92 Å². The third-order valence-electron chi connectivity index (χ3n) is 2.37. The predicted molar refractivity (Wildman–Crippen MR) is 49.5 cm³/mol. The fraction of sp³-hybridized carbons (Fsp3) is 0.800. The van der Waals surface area contributed by atoms with Crippen molar-refractivity contribution in [3.63, 3.8) is 0 Å². The molecule has 0 aromatic heterocycles. The van der Waals surface area contributed by atoms with Crippen molar-refractivity contribution in [2.75, 3.05) is 13.2 Å². The number of carbonyl (C=O) groups is 2. The maximum absolute atomic E-state index is 11.4. The second-order valence-corrected chi connectivity index (χ2v) is 3.41. The molecule has 1 aliphatic rings. The Balaban J connectivity index is 2.61. The van der Waals surface area contributed by atoms with Crippen LogP contribution < -0.4 is 0 Å². The van der Waals surface area contributed by atoms with Crippen molar-refractivity contribution in [3.8, 4) is 0 Å². The summed E-state index contributed by atoms with van der Waals surface area (Å²) in [5.41, 5.74) is 0. The average Bonchev–Trinajstić information content (AvgIpc) is 2.48. The quantitative estimate of drug-likeness (QED) is 0.504. The highest BCUT2D eigenvalue weighted by atomic mass is 16.6. The molecule has 80 valence electrons. The molecule has 0 amide bonds. The zero-order chi connectivity index (χ0) is 10.6. The van der Waals surface area contributed by atoms with Gasteiger partial charge in [-0.2, -0.15) is 0 Å². The summed E-state index contributed by atoms with van der Waals surface area (Å²) in [7, 11) is 0. The summed E-state index contributed by atoms with van der Waals surface area (Å²) >= 11 is 0. The number of esters is 2. The molecule has 0 aliphatic carbocycles. The molecule has 0 N–H and O–H groups in total. The molecule has 1 fully saturated rings. The number of hydrogen-bond acceptors (Lipinski definition) is 4. The molecule has 1 saturated heterocycles. The Hall–Kier alpha value is -1.06. The second-order valence-electron chi connectivity index (χ2n) is 3.41. The van der Waals surface area contributed by atoms with Gasteiger partial charge in [0.05, 0.1) is 13.2 Å². The molecule has 0 radical (unpaired) electrons. The topological polar surface area (TPSA) is 52.6 Å². The highest BCUT2D eigenvalue weighted by Crippen LogP contribution is 2.27. The normalized spacial score (nSPS) is 26.0. The summed E-state index contributed by atoms with van der Waals surface area (Å²) in [6, 6.07) is 0. The number of hydrogen-bond donors (Lipinski definition) is 0. The molecule has 1 heterocycles. The zero-order valence-corrected chi connectivity index (χ0v) is 8.62. The van der Waals surface area contributed by atoms with E-state index in [0.717, 1.165) is 12.8 Å². The zero-order valence-electron chi connectivity index (χ0n) is 8.62. The lowest BCUT2D eigenvalue weighted by Crippen LogP contribution is -2.27. The molecule has 0 aromatic carbocycles. The molecular formula is C10H16O4. The Morgan fingerprint density at radius 2 is 2.29 bits per heavy atom. The van der Waals surface area contributed by atoms with Crippen LogP contribution in [0, 0.1) is 11.8 Å². The fourth-order valence-corrected chi connectivity index (χ4v) is 1.71. The lowest BCUT2D eigenvalue weighted by Gasteiger charge is -2.12. The highest BCUT2D eigenvalue weighted by Gasteiger charge is 2.42. The number of carbonyl (C=O) groups excluding carboxylic acids is 2. The van der Waals surface area contributed by atoms with E-state index in [0.29, 0.717) is 13.2 Å². The van der Waals surface area contributed by atoms with Crippen LogP contribution in [0.5, 0.6) is 0 Å². The molecule has 4 heteroatoms. The summed E-state index contributed by atoms with van der Waals surface area (Å²) in [6.45, 7) is 4.41. The van der Waals surface area contributed by atoms with Gasteiger partial charge in [0.2, 0.25) is 0 Å².